The van der Waals surface area contributed by atoms with Gasteiger partial charge in [-0.15, -0.1) is 0 Å². The van der Waals surface area contributed by atoms with Crippen LogP contribution in [0.4, 0.5) is 0 Å². The Morgan fingerprint density at radius 2 is 0.506 bits per heavy atom. The van der Waals surface area contributed by atoms with Crippen LogP contribution < -0.4 is 0 Å². The van der Waals surface area contributed by atoms with E-state index in [1.165, 1.54) is 212 Å². The lowest BCUT2D eigenvalue weighted by atomic mass is 10.0. The summed E-state index contributed by atoms with van der Waals surface area (Å²) < 4.78 is 16.9. The summed E-state index contributed by atoms with van der Waals surface area (Å²) in [5.41, 5.74) is 0. The lowest BCUT2D eigenvalue weighted by molar-refractivity contribution is -0.167. The molecule has 0 saturated heterocycles. The van der Waals surface area contributed by atoms with Gasteiger partial charge in [0.15, 0.2) is 6.10 Å². The first-order chi connectivity index (χ1) is 38.0. The first kappa shape index (κ1) is 74.1. The lowest BCUT2D eigenvalue weighted by Crippen LogP contribution is -2.30. The monoisotopic (exact) mass is 1080 g/mol. The third kappa shape index (κ3) is 63.8. The van der Waals surface area contributed by atoms with Crippen LogP contribution >= 0.6 is 0 Å². The van der Waals surface area contributed by atoms with Crippen LogP contribution in [0.15, 0.2) is 60.8 Å². The second-order valence-electron chi connectivity index (χ2n) is 22.7. The number of carbonyl (C=O) groups excluding carboxylic acids is 3. The quantitative estimate of drug-likeness (QED) is 0.0261. The van der Waals surface area contributed by atoms with Gasteiger partial charge in [0.2, 0.25) is 0 Å². The molecule has 0 rings (SSSR count). The molecule has 0 saturated carbocycles. The lowest BCUT2D eigenvalue weighted by Gasteiger charge is -2.18. The van der Waals surface area contributed by atoms with Crippen molar-refractivity contribution in [3.63, 3.8) is 0 Å². The average Bonchev–Trinajstić information content (AvgIpc) is 3.43. The molecule has 77 heavy (non-hydrogen) atoms. The number of rotatable bonds is 62. The van der Waals surface area contributed by atoms with Crippen molar-refractivity contribution in [3.8, 4) is 0 Å². The van der Waals surface area contributed by atoms with Crippen molar-refractivity contribution in [1.82, 2.24) is 0 Å². The third-order valence-corrected chi connectivity index (χ3v) is 15.0. The van der Waals surface area contributed by atoms with Crippen molar-refractivity contribution in [2.45, 2.75) is 361 Å². The SMILES string of the molecule is CC/C=C\C/C=C\C/C=C\CCCCCCCC(=O)OC(COC(=O)CCCCCCC/C=C\CCCCCC)COC(=O)CCCCCCCCCCCCCCCCCCCCC/C=C\CCCCCCCCCC. The summed E-state index contributed by atoms with van der Waals surface area (Å²) in [6.45, 7) is 6.53. The zero-order valence-corrected chi connectivity index (χ0v) is 51.5. The van der Waals surface area contributed by atoms with Crippen molar-refractivity contribution < 1.29 is 28.6 Å². The van der Waals surface area contributed by atoms with Crippen molar-refractivity contribution in [1.29, 1.82) is 0 Å². The minimum Gasteiger partial charge on any atom is -0.462 e. The summed E-state index contributed by atoms with van der Waals surface area (Å²) in [6.07, 6.45) is 84.0. The smallest absolute Gasteiger partial charge is 0.306 e. The summed E-state index contributed by atoms with van der Waals surface area (Å²) >= 11 is 0. The normalized spacial score (nSPS) is 12.4. The molecule has 0 amide bonds. The van der Waals surface area contributed by atoms with Gasteiger partial charge in [-0.2, -0.15) is 0 Å². The molecule has 0 radical (unpaired) electrons. The van der Waals surface area contributed by atoms with Crippen molar-refractivity contribution in [3.05, 3.63) is 60.8 Å². The molecule has 0 bridgehead atoms. The zero-order chi connectivity index (χ0) is 55.7. The van der Waals surface area contributed by atoms with Gasteiger partial charge in [-0.1, -0.05) is 293 Å². The molecule has 0 spiro atoms. The van der Waals surface area contributed by atoms with Crippen LogP contribution in [-0.4, -0.2) is 37.2 Å². The Balaban J connectivity index is 4.14. The molecule has 1 unspecified atom stereocenters. The standard InChI is InChI=1S/C71H128O6/c1-4-7-10-13-16-19-22-25-27-28-29-30-31-32-33-34-35-36-37-38-39-40-41-42-44-46-49-52-55-58-61-64-70(73)76-67-68(66-75-69(72)63-60-57-54-51-48-45-24-21-18-15-12-9-6-3)77-71(74)65-62-59-56-53-50-47-43-26-23-20-17-14-11-8-5-2/h8,11,17,20-21,24,26,28-29,43,68H,4-7,9-10,12-16,18-19,22-23,25,27,30-42,44-67H2,1-3H3/b11-8-,20-17-,24-21-,29-28-,43-26-. The molecule has 0 aromatic rings. The van der Waals surface area contributed by atoms with Crippen molar-refractivity contribution in [2.24, 2.45) is 0 Å². The predicted molar refractivity (Wildman–Crippen MR) is 335 cm³/mol. The second-order valence-corrected chi connectivity index (χ2v) is 22.7. The van der Waals surface area contributed by atoms with Gasteiger partial charge < -0.3 is 14.2 Å². The maximum atomic E-state index is 12.9. The molecule has 0 aromatic heterocycles. The highest BCUT2D eigenvalue weighted by Crippen LogP contribution is 2.17. The average molecular weight is 1080 g/mol. The Kier molecular flexibility index (Phi) is 63.2. The summed E-state index contributed by atoms with van der Waals surface area (Å²) in [5, 5.41) is 0. The molecule has 0 aromatic carbocycles. The zero-order valence-electron chi connectivity index (χ0n) is 51.5. The molecule has 0 N–H and O–H groups in total. The number of esters is 3. The van der Waals surface area contributed by atoms with Crippen LogP contribution in [0.25, 0.3) is 0 Å². The van der Waals surface area contributed by atoms with E-state index in [-0.39, 0.29) is 31.1 Å². The molecule has 6 nitrogen and oxygen atoms in total. The number of hydrogen-bond donors (Lipinski definition) is 0. The highest BCUT2D eigenvalue weighted by molar-refractivity contribution is 5.71. The van der Waals surface area contributed by atoms with Crippen molar-refractivity contribution >= 4 is 17.9 Å². The Hall–Kier alpha value is -2.89. The van der Waals surface area contributed by atoms with E-state index >= 15 is 0 Å². The minimum absolute atomic E-state index is 0.0810. The highest BCUT2D eigenvalue weighted by atomic mass is 16.6. The summed E-state index contributed by atoms with van der Waals surface area (Å²) in [5.74, 6) is -0.890. The third-order valence-electron chi connectivity index (χ3n) is 15.0. The van der Waals surface area contributed by atoms with E-state index in [0.717, 1.165) is 103 Å². The van der Waals surface area contributed by atoms with E-state index < -0.39 is 6.10 Å². The maximum Gasteiger partial charge on any atom is 0.306 e. The van der Waals surface area contributed by atoms with E-state index in [4.69, 9.17) is 14.2 Å². The molecule has 0 aliphatic rings. The van der Waals surface area contributed by atoms with Crippen LogP contribution in [0.5, 0.6) is 0 Å². The van der Waals surface area contributed by atoms with Crippen LogP contribution in [0.3, 0.4) is 0 Å². The van der Waals surface area contributed by atoms with Gasteiger partial charge in [0.1, 0.15) is 13.2 Å². The molecule has 0 heterocycles. The second kappa shape index (κ2) is 65.6. The van der Waals surface area contributed by atoms with E-state index in [2.05, 4.69) is 81.5 Å². The van der Waals surface area contributed by atoms with Gasteiger partial charge in [0, 0.05) is 19.3 Å². The Bertz CT molecular complexity index is 1380. The topological polar surface area (TPSA) is 78.9 Å². The largest absolute Gasteiger partial charge is 0.462 e. The van der Waals surface area contributed by atoms with Gasteiger partial charge in [-0.25, -0.2) is 0 Å². The Labute approximate surface area is 479 Å². The van der Waals surface area contributed by atoms with Gasteiger partial charge in [-0.3, -0.25) is 14.4 Å². The number of carbonyl (C=O) groups is 3. The number of hydrogen-bond acceptors (Lipinski definition) is 6. The predicted octanol–water partition coefficient (Wildman–Crippen LogP) is 23.1. The first-order valence-corrected chi connectivity index (χ1v) is 33.8. The van der Waals surface area contributed by atoms with Crippen LogP contribution in [0.2, 0.25) is 0 Å². The fraction of sp³-hybridized carbons (Fsp3) is 0.817. The van der Waals surface area contributed by atoms with Gasteiger partial charge in [0.25, 0.3) is 0 Å². The summed E-state index contributed by atoms with van der Waals surface area (Å²) in [7, 11) is 0. The summed E-state index contributed by atoms with van der Waals surface area (Å²) in [4.78, 5) is 38.3. The van der Waals surface area contributed by atoms with Gasteiger partial charge in [0.05, 0.1) is 0 Å². The highest BCUT2D eigenvalue weighted by Gasteiger charge is 2.19. The van der Waals surface area contributed by atoms with Crippen LogP contribution in [-0.2, 0) is 28.6 Å². The van der Waals surface area contributed by atoms with Gasteiger partial charge in [-0.05, 0) is 103 Å². The molecular formula is C71H128O6. The fourth-order valence-electron chi connectivity index (χ4n) is 9.92. The van der Waals surface area contributed by atoms with Gasteiger partial charge >= 0.3 is 17.9 Å². The maximum absolute atomic E-state index is 12.9. The Morgan fingerprint density at radius 1 is 0.273 bits per heavy atom. The molecule has 6 heteroatoms. The molecule has 0 aliphatic carbocycles. The molecular weight excluding hydrogens is 949 g/mol. The van der Waals surface area contributed by atoms with Crippen molar-refractivity contribution in [2.75, 3.05) is 13.2 Å². The van der Waals surface area contributed by atoms with E-state index in [1.807, 2.05) is 0 Å². The molecule has 1 atom stereocenters. The fourth-order valence-corrected chi connectivity index (χ4v) is 9.92. The van der Waals surface area contributed by atoms with E-state index in [0.29, 0.717) is 19.3 Å². The number of unbranched alkanes of at least 4 members (excludes halogenated alkanes) is 41. The van der Waals surface area contributed by atoms with E-state index in [9.17, 15) is 14.4 Å². The number of ether oxygens (including phenoxy) is 3. The number of allylic oxidation sites excluding steroid dienone is 10. The van der Waals surface area contributed by atoms with Crippen LogP contribution in [0.1, 0.15) is 355 Å². The molecule has 0 fully saturated rings. The van der Waals surface area contributed by atoms with Crippen LogP contribution in [0, 0.1) is 0 Å². The molecule has 448 valence electrons. The first-order valence-electron chi connectivity index (χ1n) is 33.8. The Morgan fingerprint density at radius 3 is 0.818 bits per heavy atom. The summed E-state index contributed by atoms with van der Waals surface area (Å²) in [6, 6.07) is 0. The minimum atomic E-state index is -0.786. The van der Waals surface area contributed by atoms with E-state index in [1.54, 1.807) is 0 Å². The molecule has 0 aliphatic heterocycles.